The average Bonchev–Trinajstić information content (AvgIpc) is 2.45. The van der Waals surface area contributed by atoms with Crippen LogP contribution in [-0.4, -0.2) is 5.24 Å². The van der Waals surface area contributed by atoms with Gasteiger partial charge in [0.15, 0.2) is 0 Å². The van der Waals surface area contributed by atoms with Crippen LogP contribution < -0.4 is 5.32 Å². The molecule has 110 valence electrons. The largest absolute Gasteiger partial charge is 0.416 e. The van der Waals surface area contributed by atoms with E-state index >= 15 is 0 Å². The summed E-state index contributed by atoms with van der Waals surface area (Å²) in [6.45, 7) is 0. The SMILES string of the molecule is O=C(Cl)C(Nc1ccccc1)c1ccc(C(F)(F)F)cc1. The fourth-order valence-electron chi connectivity index (χ4n) is 1.84. The van der Waals surface area contributed by atoms with Gasteiger partial charge in [0.25, 0.3) is 0 Å². The van der Waals surface area contributed by atoms with Gasteiger partial charge in [-0.3, -0.25) is 4.79 Å². The molecule has 2 rings (SSSR count). The van der Waals surface area contributed by atoms with Crippen LogP contribution in [0.5, 0.6) is 0 Å². The van der Waals surface area contributed by atoms with E-state index in [0.29, 0.717) is 11.3 Å². The molecule has 1 N–H and O–H groups in total. The number of alkyl halides is 3. The molecule has 2 aromatic carbocycles. The fourth-order valence-corrected chi connectivity index (χ4v) is 2.02. The molecule has 0 saturated carbocycles. The van der Waals surface area contributed by atoms with Gasteiger partial charge in [0, 0.05) is 5.69 Å². The van der Waals surface area contributed by atoms with E-state index in [9.17, 15) is 18.0 Å². The molecule has 2 aromatic rings. The normalized spacial score (nSPS) is 12.8. The Balaban J connectivity index is 2.25. The third-order valence-corrected chi connectivity index (χ3v) is 3.10. The number of carbonyl (C=O) groups excluding carboxylic acids is 1. The summed E-state index contributed by atoms with van der Waals surface area (Å²) in [5, 5.41) is 2.19. The maximum Gasteiger partial charge on any atom is 0.416 e. The Labute approximate surface area is 124 Å². The van der Waals surface area contributed by atoms with Crippen molar-refractivity contribution in [1.82, 2.24) is 0 Å². The van der Waals surface area contributed by atoms with Gasteiger partial charge in [-0.1, -0.05) is 30.3 Å². The Bertz CT molecular complexity index is 611. The quantitative estimate of drug-likeness (QED) is 0.834. The van der Waals surface area contributed by atoms with Crippen molar-refractivity contribution in [3.8, 4) is 0 Å². The molecule has 0 aliphatic rings. The van der Waals surface area contributed by atoms with E-state index in [2.05, 4.69) is 5.32 Å². The van der Waals surface area contributed by atoms with E-state index in [1.54, 1.807) is 30.3 Å². The van der Waals surface area contributed by atoms with Crippen LogP contribution in [0, 0.1) is 0 Å². The van der Waals surface area contributed by atoms with Gasteiger partial charge in [0.2, 0.25) is 5.24 Å². The summed E-state index contributed by atoms with van der Waals surface area (Å²) >= 11 is 5.53. The maximum atomic E-state index is 12.5. The van der Waals surface area contributed by atoms with Gasteiger partial charge in [0.1, 0.15) is 6.04 Å². The molecule has 1 atom stereocenters. The monoisotopic (exact) mass is 313 g/mol. The molecule has 0 radical (unpaired) electrons. The Morgan fingerprint density at radius 1 is 1.00 bits per heavy atom. The summed E-state index contributed by atoms with van der Waals surface area (Å²) < 4.78 is 37.6. The molecule has 0 saturated heterocycles. The minimum atomic E-state index is -4.41. The van der Waals surface area contributed by atoms with E-state index in [-0.39, 0.29) is 0 Å². The minimum absolute atomic E-state index is 0.367. The molecule has 1 unspecified atom stereocenters. The van der Waals surface area contributed by atoms with E-state index in [4.69, 9.17) is 11.6 Å². The second kappa shape index (κ2) is 6.18. The third kappa shape index (κ3) is 3.98. The smallest absolute Gasteiger partial charge is 0.371 e. The number of para-hydroxylation sites is 1. The molecule has 0 aromatic heterocycles. The lowest BCUT2D eigenvalue weighted by atomic mass is 10.0. The summed E-state index contributed by atoms with van der Waals surface area (Å²) in [5.41, 5.74) is 0.245. The first-order valence-corrected chi connectivity index (χ1v) is 6.44. The molecular weight excluding hydrogens is 303 g/mol. The van der Waals surface area contributed by atoms with Crippen LogP contribution in [0.1, 0.15) is 17.2 Å². The third-order valence-electron chi connectivity index (χ3n) is 2.88. The highest BCUT2D eigenvalue weighted by Crippen LogP contribution is 2.30. The summed E-state index contributed by atoms with van der Waals surface area (Å²) in [6.07, 6.45) is -4.41. The van der Waals surface area contributed by atoms with Crippen LogP contribution in [0.15, 0.2) is 54.6 Å². The van der Waals surface area contributed by atoms with E-state index in [0.717, 1.165) is 12.1 Å². The molecule has 0 spiro atoms. The van der Waals surface area contributed by atoms with Gasteiger partial charge in [-0.15, -0.1) is 0 Å². The highest BCUT2D eigenvalue weighted by Gasteiger charge is 2.30. The topological polar surface area (TPSA) is 29.1 Å². The number of hydrogen-bond acceptors (Lipinski definition) is 2. The Hall–Kier alpha value is -2.01. The lowest BCUT2D eigenvalue weighted by Crippen LogP contribution is -2.17. The zero-order valence-electron chi connectivity index (χ0n) is 10.7. The molecule has 0 heterocycles. The number of halogens is 4. The zero-order valence-corrected chi connectivity index (χ0v) is 11.4. The molecule has 0 fully saturated rings. The van der Waals surface area contributed by atoms with Crippen molar-refractivity contribution < 1.29 is 18.0 Å². The summed E-state index contributed by atoms with van der Waals surface area (Å²) in [4.78, 5) is 11.5. The summed E-state index contributed by atoms with van der Waals surface area (Å²) in [6, 6.07) is 12.2. The van der Waals surface area contributed by atoms with E-state index < -0.39 is 23.0 Å². The lowest BCUT2D eigenvalue weighted by Gasteiger charge is -2.17. The van der Waals surface area contributed by atoms with E-state index in [1.807, 2.05) is 0 Å². The Morgan fingerprint density at radius 2 is 1.57 bits per heavy atom. The number of rotatable bonds is 4. The van der Waals surface area contributed by atoms with Crippen LogP contribution in [0.4, 0.5) is 18.9 Å². The second-order valence-corrected chi connectivity index (χ2v) is 4.74. The van der Waals surface area contributed by atoms with Gasteiger partial charge < -0.3 is 5.32 Å². The van der Waals surface area contributed by atoms with Gasteiger partial charge in [-0.25, -0.2) is 0 Å². The first-order valence-electron chi connectivity index (χ1n) is 6.06. The van der Waals surface area contributed by atoms with Crippen molar-refractivity contribution in [2.45, 2.75) is 12.2 Å². The Kier molecular flexibility index (Phi) is 4.53. The number of carbonyl (C=O) groups is 1. The molecule has 0 amide bonds. The van der Waals surface area contributed by atoms with Crippen molar-refractivity contribution in [3.63, 3.8) is 0 Å². The van der Waals surface area contributed by atoms with Crippen molar-refractivity contribution in [1.29, 1.82) is 0 Å². The number of nitrogens with one attached hydrogen (secondary N) is 1. The molecule has 2 nitrogen and oxygen atoms in total. The predicted octanol–water partition coefficient (Wildman–Crippen LogP) is 4.62. The summed E-state index contributed by atoms with van der Waals surface area (Å²) in [7, 11) is 0. The highest BCUT2D eigenvalue weighted by atomic mass is 35.5. The van der Waals surface area contributed by atoms with Crippen LogP contribution >= 0.6 is 11.6 Å². The van der Waals surface area contributed by atoms with Crippen LogP contribution in [0.3, 0.4) is 0 Å². The van der Waals surface area contributed by atoms with Crippen LogP contribution in [0.25, 0.3) is 0 Å². The maximum absolute atomic E-state index is 12.5. The zero-order chi connectivity index (χ0) is 15.5. The van der Waals surface area contributed by atoms with Crippen LogP contribution in [-0.2, 0) is 11.0 Å². The molecule has 6 heteroatoms. The standard InChI is InChI=1S/C15H11ClF3NO/c16-14(21)13(20-12-4-2-1-3-5-12)10-6-8-11(9-7-10)15(17,18)19/h1-9,13,20H. The second-order valence-electron chi connectivity index (χ2n) is 4.37. The van der Waals surface area contributed by atoms with Gasteiger partial charge in [-0.2, -0.15) is 13.2 Å². The van der Waals surface area contributed by atoms with Gasteiger partial charge in [-0.05, 0) is 41.4 Å². The van der Waals surface area contributed by atoms with Crippen molar-refractivity contribution in [2.24, 2.45) is 0 Å². The van der Waals surface area contributed by atoms with Gasteiger partial charge >= 0.3 is 6.18 Å². The van der Waals surface area contributed by atoms with Crippen molar-refractivity contribution in [3.05, 3.63) is 65.7 Å². The first-order chi connectivity index (χ1) is 9.88. The number of benzene rings is 2. The fraction of sp³-hybridized carbons (Fsp3) is 0.133. The molecule has 21 heavy (non-hydrogen) atoms. The van der Waals surface area contributed by atoms with Crippen molar-refractivity contribution >= 4 is 22.5 Å². The molecule has 0 aliphatic carbocycles. The predicted molar refractivity (Wildman–Crippen MR) is 75.1 cm³/mol. The minimum Gasteiger partial charge on any atom is -0.371 e. The first kappa shape index (κ1) is 15.4. The van der Waals surface area contributed by atoms with E-state index in [1.165, 1.54) is 12.1 Å². The summed E-state index contributed by atoms with van der Waals surface area (Å²) in [5.74, 6) is 0. The highest BCUT2D eigenvalue weighted by molar-refractivity contribution is 6.64. The molecular formula is C15H11ClF3NO. The Morgan fingerprint density at radius 3 is 2.05 bits per heavy atom. The molecule has 0 bridgehead atoms. The van der Waals surface area contributed by atoms with Crippen LogP contribution in [0.2, 0.25) is 0 Å². The average molecular weight is 314 g/mol. The number of hydrogen-bond donors (Lipinski definition) is 1. The van der Waals surface area contributed by atoms with Gasteiger partial charge in [0.05, 0.1) is 5.56 Å². The molecule has 0 aliphatic heterocycles. The lowest BCUT2D eigenvalue weighted by molar-refractivity contribution is -0.137. The number of anilines is 1. The van der Waals surface area contributed by atoms with Crippen molar-refractivity contribution in [2.75, 3.05) is 5.32 Å².